The third-order valence-corrected chi connectivity index (χ3v) is 4.32. The van der Waals surface area contributed by atoms with Crippen molar-refractivity contribution < 1.29 is 4.39 Å². The topological polar surface area (TPSA) is 54.2 Å². The van der Waals surface area contributed by atoms with Crippen LogP contribution in [0, 0.1) is 5.82 Å². The third kappa shape index (κ3) is 7.04. The van der Waals surface area contributed by atoms with Gasteiger partial charge in [0, 0.05) is 43.5 Å². The molecule has 0 aliphatic carbocycles. The van der Waals surface area contributed by atoms with Crippen LogP contribution in [0.2, 0.25) is 0 Å². The second-order valence-corrected chi connectivity index (χ2v) is 6.31. The molecule has 0 saturated carbocycles. The number of hydrogen-bond acceptors (Lipinski definition) is 3. The zero-order valence-electron chi connectivity index (χ0n) is 13.9. The van der Waals surface area contributed by atoms with Crippen molar-refractivity contribution in [2.45, 2.75) is 24.8 Å². The summed E-state index contributed by atoms with van der Waals surface area (Å²) in [6.45, 7) is 5.30. The van der Waals surface area contributed by atoms with Gasteiger partial charge in [0.05, 0.1) is 6.33 Å². The second-order valence-electron chi connectivity index (χ2n) is 5.14. The van der Waals surface area contributed by atoms with Crippen LogP contribution in [0.5, 0.6) is 0 Å². The van der Waals surface area contributed by atoms with E-state index < -0.39 is 0 Å². The average Bonchev–Trinajstić information content (AvgIpc) is 3.09. The first-order valence-electron chi connectivity index (χ1n) is 8.14. The summed E-state index contributed by atoms with van der Waals surface area (Å²) in [5.41, 5.74) is 0. The Balaban J connectivity index is 1.65. The second kappa shape index (κ2) is 10.7. The highest BCUT2D eigenvalue weighted by Crippen LogP contribution is 2.18. The van der Waals surface area contributed by atoms with Gasteiger partial charge in [0.25, 0.3) is 0 Å². The van der Waals surface area contributed by atoms with Crippen LogP contribution in [-0.2, 0) is 6.54 Å². The monoisotopic (exact) mass is 349 g/mol. The minimum Gasteiger partial charge on any atom is -0.357 e. The van der Waals surface area contributed by atoms with Crippen molar-refractivity contribution in [1.29, 1.82) is 0 Å². The molecule has 0 atom stereocenters. The first kappa shape index (κ1) is 18.3. The molecule has 1 aromatic heterocycles. The average molecular weight is 349 g/mol. The number of nitrogens with zero attached hydrogens (tertiary/aromatic N) is 3. The normalized spacial score (nSPS) is 11.5. The van der Waals surface area contributed by atoms with Gasteiger partial charge in [0.1, 0.15) is 5.82 Å². The molecule has 0 amide bonds. The Morgan fingerprint density at radius 3 is 2.83 bits per heavy atom. The van der Waals surface area contributed by atoms with Gasteiger partial charge in [-0.3, -0.25) is 4.99 Å². The molecule has 130 valence electrons. The molecule has 5 nitrogen and oxygen atoms in total. The number of guanidine groups is 1. The van der Waals surface area contributed by atoms with Crippen LogP contribution >= 0.6 is 11.8 Å². The highest BCUT2D eigenvalue weighted by atomic mass is 32.2. The Kier molecular flexibility index (Phi) is 8.17. The molecule has 1 aromatic carbocycles. The van der Waals surface area contributed by atoms with E-state index in [9.17, 15) is 4.39 Å². The van der Waals surface area contributed by atoms with Gasteiger partial charge < -0.3 is 15.2 Å². The van der Waals surface area contributed by atoms with Gasteiger partial charge in [-0.25, -0.2) is 9.37 Å². The van der Waals surface area contributed by atoms with Crippen LogP contribution in [0.25, 0.3) is 0 Å². The Morgan fingerprint density at radius 1 is 1.29 bits per heavy atom. The summed E-state index contributed by atoms with van der Waals surface area (Å²) in [4.78, 5) is 9.68. The van der Waals surface area contributed by atoms with Gasteiger partial charge in [0.15, 0.2) is 5.96 Å². The Morgan fingerprint density at radius 2 is 2.12 bits per heavy atom. The van der Waals surface area contributed by atoms with E-state index in [-0.39, 0.29) is 5.82 Å². The quantitative estimate of drug-likeness (QED) is 0.316. The molecule has 2 N–H and O–H groups in total. The van der Waals surface area contributed by atoms with Crippen LogP contribution in [0.1, 0.15) is 13.3 Å². The molecule has 0 saturated heterocycles. The molecule has 0 aliphatic rings. The minimum atomic E-state index is -0.194. The zero-order valence-corrected chi connectivity index (χ0v) is 14.7. The van der Waals surface area contributed by atoms with Gasteiger partial charge in [0.2, 0.25) is 0 Å². The molecule has 0 aliphatic heterocycles. The van der Waals surface area contributed by atoms with Crippen LogP contribution in [0.3, 0.4) is 0 Å². The van der Waals surface area contributed by atoms with Crippen LogP contribution in [0.15, 0.2) is 52.9 Å². The summed E-state index contributed by atoms with van der Waals surface area (Å²) < 4.78 is 14.9. The van der Waals surface area contributed by atoms with E-state index in [1.54, 1.807) is 24.3 Å². The fourth-order valence-electron chi connectivity index (χ4n) is 2.04. The van der Waals surface area contributed by atoms with Crippen molar-refractivity contribution in [3.8, 4) is 0 Å². The highest BCUT2D eigenvalue weighted by molar-refractivity contribution is 7.99. The molecule has 0 fully saturated rings. The lowest BCUT2D eigenvalue weighted by Gasteiger charge is -2.11. The zero-order chi connectivity index (χ0) is 17.0. The largest absolute Gasteiger partial charge is 0.357 e. The smallest absolute Gasteiger partial charge is 0.191 e. The number of halogens is 1. The van der Waals surface area contributed by atoms with Gasteiger partial charge in [-0.05, 0) is 43.4 Å². The van der Waals surface area contributed by atoms with E-state index >= 15 is 0 Å². The molecule has 2 rings (SSSR count). The molecule has 7 heteroatoms. The van der Waals surface area contributed by atoms with Gasteiger partial charge in [-0.1, -0.05) is 0 Å². The van der Waals surface area contributed by atoms with E-state index in [0.29, 0.717) is 0 Å². The van der Waals surface area contributed by atoms with Gasteiger partial charge in [-0.2, -0.15) is 0 Å². The predicted molar refractivity (Wildman–Crippen MR) is 97.9 cm³/mol. The Hall–Kier alpha value is -2.02. The summed E-state index contributed by atoms with van der Waals surface area (Å²) in [5.74, 6) is 1.61. The van der Waals surface area contributed by atoms with E-state index in [1.165, 1.54) is 12.1 Å². The standard InChI is InChI=1S/C17H24FN5S/c1-2-20-17(22-10-12-23-11-9-19-14-23)21-8-3-13-24-16-6-4-15(18)5-7-16/h4-7,9,11,14H,2-3,8,10,12-13H2,1H3,(H2,20,21,22). The lowest BCUT2D eigenvalue weighted by molar-refractivity contribution is 0.626. The lowest BCUT2D eigenvalue weighted by Crippen LogP contribution is -2.38. The van der Waals surface area contributed by atoms with Crippen molar-refractivity contribution >= 4 is 17.7 Å². The third-order valence-electron chi connectivity index (χ3n) is 3.22. The Bertz CT molecular complexity index is 598. The first-order valence-corrected chi connectivity index (χ1v) is 9.13. The molecule has 0 bridgehead atoms. The first-order chi connectivity index (χ1) is 11.8. The molecule has 24 heavy (non-hydrogen) atoms. The number of rotatable bonds is 9. The Labute approximate surface area is 146 Å². The number of nitrogens with one attached hydrogen (secondary N) is 2. The minimum absolute atomic E-state index is 0.194. The fourth-order valence-corrected chi connectivity index (χ4v) is 2.88. The predicted octanol–water partition coefficient (Wildman–Crippen LogP) is 2.76. The van der Waals surface area contributed by atoms with Crippen molar-refractivity contribution in [3.05, 3.63) is 48.8 Å². The molecule has 1 heterocycles. The molecule has 2 aromatic rings. The maximum absolute atomic E-state index is 12.8. The summed E-state index contributed by atoms with van der Waals surface area (Å²) in [5, 5.41) is 6.56. The van der Waals surface area contributed by atoms with Crippen molar-refractivity contribution in [2.24, 2.45) is 4.99 Å². The van der Waals surface area contributed by atoms with E-state index in [4.69, 9.17) is 0 Å². The number of aromatic nitrogens is 2. The van der Waals surface area contributed by atoms with E-state index in [0.717, 1.165) is 49.2 Å². The molecule has 0 radical (unpaired) electrons. The van der Waals surface area contributed by atoms with Crippen molar-refractivity contribution in [2.75, 3.05) is 25.4 Å². The maximum Gasteiger partial charge on any atom is 0.191 e. The summed E-state index contributed by atoms with van der Waals surface area (Å²) in [6.07, 6.45) is 6.50. The van der Waals surface area contributed by atoms with Gasteiger partial charge in [-0.15, -0.1) is 11.8 Å². The number of benzene rings is 1. The molecular formula is C17H24FN5S. The number of thioether (sulfide) groups is 1. The van der Waals surface area contributed by atoms with Crippen molar-refractivity contribution in [3.63, 3.8) is 0 Å². The summed E-state index contributed by atoms with van der Waals surface area (Å²) in [7, 11) is 0. The number of hydrogen-bond donors (Lipinski definition) is 2. The van der Waals surface area contributed by atoms with Crippen LogP contribution in [0.4, 0.5) is 4.39 Å². The highest BCUT2D eigenvalue weighted by Gasteiger charge is 1.98. The van der Waals surface area contributed by atoms with Crippen LogP contribution < -0.4 is 10.6 Å². The van der Waals surface area contributed by atoms with E-state index in [2.05, 4.69) is 27.5 Å². The van der Waals surface area contributed by atoms with Crippen molar-refractivity contribution in [1.82, 2.24) is 20.2 Å². The lowest BCUT2D eigenvalue weighted by atomic mass is 10.4. The van der Waals surface area contributed by atoms with Crippen LogP contribution in [-0.4, -0.2) is 40.9 Å². The molecule has 0 spiro atoms. The number of imidazole rings is 1. The number of aliphatic imine (C=N–C) groups is 1. The van der Waals surface area contributed by atoms with Gasteiger partial charge >= 0.3 is 0 Å². The molecule has 0 unspecified atom stereocenters. The summed E-state index contributed by atoms with van der Waals surface area (Å²) >= 11 is 1.72. The van der Waals surface area contributed by atoms with E-state index in [1.807, 2.05) is 22.9 Å². The SMILES string of the molecule is CCNC(=NCCCSc1ccc(F)cc1)NCCn1ccnc1. The fraction of sp³-hybridized carbons (Fsp3) is 0.412. The molecular weight excluding hydrogens is 325 g/mol. The maximum atomic E-state index is 12.8. The summed E-state index contributed by atoms with van der Waals surface area (Å²) in [6, 6.07) is 6.61.